The molecule has 0 aliphatic heterocycles. The molecule has 0 saturated heterocycles. The summed E-state index contributed by atoms with van der Waals surface area (Å²) in [5.74, 6) is -0.850. The monoisotopic (exact) mass is 1140 g/mol. The molecule has 0 amide bonds. The average Bonchev–Trinajstić information content (AvgIpc) is 3.46. The first-order chi connectivity index (χ1) is 40.0. The molecule has 0 N–H and O–H groups in total. The third kappa shape index (κ3) is 68.6. The Bertz CT molecular complexity index is 1310. The van der Waals surface area contributed by atoms with Gasteiger partial charge in [-0.15, -0.1) is 0 Å². The third-order valence-corrected chi connectivity index (χ3v) is 16.9. The van der Waals surface area contributed by atoms with E-state index in [2.05, 4.69) is 45.1 Å². The van der Waals surface area contributed by atoms with Crippen LogP contribution in [0, 0.1) is 0 Å². The molecule has 0 saturated carbocycles. The summed E-state index contributed by atoms with van der Waals surface area (Å²) >= 11 is 0. The molecule has 0 bridgehead atoms. The average molecular weight is 1140 g/mol. The Hall–Kier alpha value is -2.11. The van der Waals surface area contributed by atoms with Crippen LogP contribution in [-0.2, 0) is 28.6 Å². The maximum Gasteiger partial charge on any atom is 0.306 e. The molecule has 1 unspecified atom stereocenters. The zero-order valence-electron chi connectivity index (χ0n) is 55.1. The lowest BCUT2D eigenvalue weighted by atomic mass is 10.0. The summed E-state index contributed by atoms with van der Waals surface area (Å²) in [6.45, 7) is 6.66. The highest BCUT2D eigenvalue weighted by atomic mass is 16.6. The van der Waals surface area contributed by atoms with Crippen molar-refractivity contribution in [1.29, 1.82) is 0 Å². The van der Waals surface area contributed by atoms with Gasteiger partial charge < -0.3 is 14.2 Å². The normalized spacial score (nSPS) is 12.1. The number of unbranched alkanes of at least 4 members (excludes halogenated alkanes) is 54. The Kier molecular flexibility index (Phi) is 68.5. The Morgan fingerprint density at radius 3 is 0.728 bits per heavy atom. The number of esters is 3. The quantitative estimate of drug-likeness (QED) is 0.0261. The van der Waals surface area contributed by atoms with E-state index in [0.717, 1.165) is 83.5 Å². The van der Waals surface area contributed by atoms with Gasteiger partial charge in [0.2, 0.25) is 0 Å². The lowest BCUT2D eigenvalue weighted by Crippen LogP contribution is -2.30. The Morgan fingerprint density at radius 1 is 0.247 bits per heavy atom. The van der Waals surface area contributed by atoms with Gasteiger partial charge in [-0.2, -0.15) is 0 Å². The predicted octanol–water partition coefficient (Wildman–Crippen LogP) is 25.3. The van der Waals surface area contributed by atoms with Crippen molar-refractivity contribution in [3.05, 3.63) is 24.3 Å². The largest absolute Gasteiger partial charge is 0.462 e. The molecule has 0 aromatic heterocycles. The summed E-state index contributed by atoms with van der Waals surface area (Å²) in [6.07, 6.45) is 86.6. The molecule has 0 rings (SSSR count). The van der Waals surface area contributed by atoms with Crippen LogP contribution in [0.25, 0.3) is 0 Å². The van der Waals surface area contributed by atoms with Crippen LogP contribution in [0.1, 0.15) is 419 Å². The fourth-order valence-corrected chi connectivity index (χ4v) is 11.4. The Labute approximate surface area is 506 Å². The van der Waals surface area contributed by atoms with Crippen molar-refractivity contribution in [3.63, 3.8) is 0 Å². The maximum atomic E-state index is 13.0. The summed E-state index contributed by atoms with van der Waals surface area (Å²) in [4.78, 5) is 38.4. The molecule has 0 fully saturated rings. The molecule has 0 heterocycles. The Morgan fingerprint density at radius 2 is 0.469 bits per heavy atom. The molecule has 0 radical (unpaired) electrons. The van der Waals surface area contributed by atoms with Gasteiger partial charge in [-0.05, 0) is 44.9 Å². The molecule has 81 heavy (non-hydrogen) atoms. The highest BCUT2D eigenvalue weighted by Gasteiger charge is 2.20. The third-order valence-electron chi connectivity index (χ3n) is 16.9. The molecule has 478 valence electrons. The summed E-state index contributed by atoms with van der Waals surface area (Å²) in [5, 5.41) is 0. The van der Waals surface area contributed by atoms with Gasteiger partial charge in [0.1, 0.15) is 13.2 Å². The van der Waals surface area contributed by atoms with Gasteiger partial charge >= 0.3 is 17.9 Å². The molecular weight excluding hydrogens is 997 g/mol. The van der Waals surface area contributed by atoms with Crippen molar-refractivity contribution in [2.24, 2.45) is 0 Å². The molecule has 6 heteroatoms. The van der Waals surface area contributed by atoms with E-state index < -0.39 is 6.10 Å². The van der Waals surface area contributed by atoms with Gasteiger partial charge in [0.25, 0.3) is 0 Å². The van der Waals surface area contributed by atoms with E-state index in [1.54, 1.807) is 0 Å². The first-order valence-electron chi connectivity index (χ1n) is 36.8. The molecule has 0 aliphatic carbocycles. The van der Waals surface area contributed by atoms with Crippen LogP contribution in [0.2, 0.25) is 0 Å². The van der Waals surface area contributed by atoms with Gasteiger partial charge in [0.05, 0.1) is 0 Å². The SMILES string of the molecule is CCC/C=C\C/C=C\CCCCCCCC(=O)OCC(COC(=O)CCCCCCCCCCCCCCCCCCCCCCCCCCCCC)OC(=O)CCCCCCCCCCCCCCCCCCCCCCCCC. The standard InChI is InChI=1S/C75H142O6/c1-4-7-10-13-16-19-22-25-27-29-31-33-35-36-37-38-40-41-43-45-47-50-53-56-59-62-65-68-74(77)80-71-72(70-79-73(76)67-64-61-58-55-52-49-24-21-18-15-12-9-6-3)81-75(78)69-66-63-60-57-54-51-48-46-44-42-39-34-32-30-28-26-23-20-17-14-11-8-5-2/h12,15,21,24,72H,4-11,13-14,16-20,22-23,25-71H2,1-3H3/b15-12-,24-21-. The summed E-state index contributed by atoms with van der Waals surface area (Å²) in [5.41, 5.74) is 0. The lowest BCUT2D eigenvalue weighted by Gasteiger charge is -2.18. The van der Waals surface area contributed by atoms with E-state index in [1.807, 2.05) is 0 Å². The van der Waals surface area contributed by atoms with E-state index in [9.17, 15) is 14.4 Å². The molecule has 1 atom stereocenters. The van der Waals surface area contributed by atoms with E-state index in [1.165, 1.54) is 295 Å². The van der Waals surface area contributed by atoms with Crippen molar-refractivity contribution in [2.45, 2.75) is 425 Å². The minimum Gasteiger partial charge on any atom is -0.462 e. The van der Waals surface area contributed by atoms with Crippen molar-refractivity contribution >= 4 is 17.9 Å². The maximum absolute atomic E-state index is 13.0. The van der Waals surface area contributed by atoms with Crippen molar-refractivity contribution in [1.82, 2.24) is 0 Å². The van der Waals surface area contributed by atoms with Crippen LogP contribution in [0.3, 0.4) is 0 Å². The fraction of sp³-hybridized carbons (Fsp3) is 0.907. The molecule has 0 aromatic carbocycles. The number of carbonyl (C=O) groups is 3. The summed E-state index contributed by atoms with van der Waals surface area (Å²) in [7, 11) is 0. The number of allylic oxidation sites excluding steroid dienone is 4. The van der Waals surface area contributed by atoms with E-state index in [-0.39, 0.29) is 31.1 Å². The number of rotatable bonds is 69. The van der Waals surface area contributed by atoms with Crippen LogP contribution < -0.4 is 0 Å². The van der Waals surface area contributed by atoms with Gasteiger partial charge in [-0.1, -0.05) is 379 Å². The fourth-order valence-electron chi connectivity index (χ4n) is 11.4. The summed E-state index contributed by atoms with van der Waals surface area (Å²) in [6, 6.07) is 0. The zero-order valence-corrected chi connectivity index (χ0v) is 55.1. The first-order valence-corrected chi connectivity index (χ1v) is 36.8. The van der Waals surface area contributed by atoms with Crippen LogP contribution in [0.5, 0.6) is 0 Å². The van der Waals surface area contributed by atoms with Gasteiger partial charge in [0, 0.05) is 19.3 Å². The number of hydrogen-bond donors (Lipinski definition) is 0. The van der Waals surface area contributed by atoms with Gasteiger partial charge in [-0.3, -0.25) is 14.4 Å². The van der Waals surface area contributed by atoms with Crippen LogP contribution in [-0.4, -0.2) is 37.2 Å². The highest BCUT2D eigenvalue weighted by Crippen LogP contribution is 2.19. The van der Waals surface area contributed by atoms with E-state index >= 15 is 0 Å². The minimum atomic E-state index is -0.774. The van der Waals surface area contributed by atoms with Crippen LogP contribution in [0.4, 0.5) is 0 Å². The first kappa shape index (κ1) is 78.9. The van der Waals surface area contributed by atoms with Gasteiger partial charge in [0.15, 0.2) is 6.10 Å². The zero-order chi connectivity index (χ0) is 58.5. The highest BCUT2D eigenvalue weighted by molar-refractivity contribution is 5.71. The molecule has 0 spiro atoms. The number of hydrogen-bond acceptors (Lipinski definition) is 6. The molecular formula is C75H142O6. The van der Waals surface area contributed by atoms with Crippen LogP contribution in [0.15, 0.2) is 24.3 Å². The Balaban J connectivity index is 4.18. The molecule has 0 aliphatic rings. The van der Waals surface area contributed by atoms with Crippen LogP contribution >= 0.6 is 0 Å². The molecule has 6 nitrogen and oxygen atoms in total. The number of ether oxygens (including phenoxy) is 3. The summed E-state index contributed by atoms with van der Waals surface area (Å²) < 4.78 is 17.0. The number of carbonyl (C=O) groups excluding carboxylic acids is 3. The van der Waals surface area contributed by atoms with Crippen molar-refractivity contribution < 1.29 is 28.6 Å². The second kappa shape index (κ2) is 70.4. The predicted molar refractivity (Wildman–Crippen MR) is 353 cm³/mol. The molecule has 0 aromatic rings. The second-order valence-corrected chi connectivity index (χ2v) is 25.2. The van der Waals surface area contributed by atoms with Gasteiger partial charge in [-0.25, -0.2) is 0 Å². The lowest BCUT2D eigenvalue weighted by molar-refractivity contribution is -0.167. The minimum absolute atomic E-state index is 0.0692. The van der Waals surface area contributed by atoms with Crippen molar-refractivity contribution in [2.75, 3.05) is 13.2 Å². The van der Waals surface area contributed by atoms with E-state index in [0.29, 0.717) is 19.3 Å². The second-order valence-electron chi connectivity index (χ2n) is 25.2. The topological polar surface area (TPSA) is 78.9 Å². The van der Waals surface area contributed by atoms with Crippen molar-refractivity contribution in [3.8, 4) is 0 Å². The smallest absolute Gasteiger partial charge is 0.306 e. The van der Waals surface area contributed by atoms with E-state index in [4.69, 9.17) is 14.2 Å².